The zero-order valence-electron chi connectivity index (χ0n) is 14.6. The monoisotopic (exact) mass is 304 g/mol. The molecular weight excluding hydrogens is 272 g/mol. The van der Waals surface area contributed by atoms with Gasteiger partial charge in [-0.15, -0.1) is 0 Å². The second-order valence-corrected chi connectivity index (χ2v) is 6.92. The first-order chi connectivity index (χ1) is 10.6. The van der Waals surface area contributed by atoms with E-state index in [-0.39, 0.29) is 0 Å². The summed E-state index contributed by atoms with van der Waals surface area (Å²) in [4.78, 5) is 5.00. The Morgan fingerprint density at radius 2 is 1.73 bits per heavy atom. The summed E-state index contributed by atoms with van der Waals surface area (Å²) >= 11 is 0. The van der Waals surface area contributed by atoms with E-state index in [4.69, 9.17) is 4.74 Å². The number of hydrogen-bond donors (Lipinski definition) is 0. The average Bonchev–Trinajstić information content (AvgIpc) is 2.50. The molecule has 3 heteroatoms. The van der Waals surface area contributed by atoms with Crippen LogP contribution >= 0.6 is 0 Å². The first kappa shape index (κ1) is 17.3. The van der Waals surface area contributed by atoms with Crippen molar-refractivity contribution in [2.45, 2.75) is 33.1 Å². The third kappa shape index (κ3) is 6.37. The van der Waals surface area contributed by atoms with Crippen LogP contribution in [0, 0.1) is 5.92 Å². The quantitative estimate of drug-likeness (QED) is 0.733. The van der Waals surface area contributed by atoms with Crippen LogP contribution in [-0.4, -0.2) is 56.2 Å². The summed E-state index contributed by atoms with van der Waals surface area (Å²) in [5, 5.41) is 0. The number of nitrogens with zero attached hydrogens (tertiary/aromatic N) is 2. The summed E-state index contributed by atoms with van der Waals surface area (Å²) in [5.41, 5.74) is 1.42. The molecule has 1 saturated heterocycles. The van der Waals surface area contributed by atoms with Crippen LogP contribution in [0.15, 0.2) is 24.3 Å². The van der Waals surface area contributed by atoms with E-state index >= 15 is 0 Å². The van der Waals surface area contributed by atoms with Gasteiger partial charge in [-0.3, -0.25) is 0 Å². The van der Waals surface area contributed by atoms with E-state index in [0.717, 1.165) is 18.8 Å². The number of likely N-dealkylation sites (N-methyl/N-ethyl adjacent to an activating group) is 1. The van der Waals surface area contributed by atoms with Crippen molar-refractivity contribution in [1.29, 1.82) is 0 Å². The van der Waals surface area contributed by atoms with Crippen molar-refractivity contribution in [3.63, 3.8) is 0 Å². The van der Waals surface area contributed by atoms with Crippen molar-refractivity contribution in [3.05, 3.63) is 29.8 Å². The highest BCUT2D eigenvalue weighted by Crippen LogP contribution is 2.15. The molecule has 0 N–H and O–H groups in total. The molecule has 3 nitrogen and oxygen atoms in total. The summed E-state index contributed by atoms with van der Waals surface area (Å²) in [5.74, 6) is 1.71. The van der Waals surface area contributed by atoms with E-state index < -0.39 is 0 Å². The van der Waals surface area contributed by atoms with E-state index in [1.165, 1.54) is 51.1 Å². The fraction of sp³-hybridized carbons (Fsp3) is 0.684. The second kappa shape index (κ2) is 9.16. The van der Waals surface area contributed by atoms with E-state index in [1.54, 1.807) is 0 Å². The lowest BCUT2D eigenvalue weighted by Gasteiger charge is -2.32. The molecular formula is C19H32N2O. The van der Waals surface area contributed by atoms with Crippen molar-refractivity contribution in [1.82, 2.24) is 9.80 Å². The second-order valence-electron chi connectivity index (χ2n) is 6.92. The van der Waals surface area contributed by atoms with Crippen molar-refractivity contribution in [3.8, 4) is 5.75 Å². The molecule has 1 aromatic rings. The van der Waals surface area contributed by atoms with Gasteiger partial charge in [0.05, 0.1) is 6.61 Å². The lowest BCUT2D eigenvalue weighted by atomic mass is 10.1. The Kier molecular flexibility index (Phi) is 7.20. The van der Waals surface area contributed by atoms with Crippen molar-refractivity contribution in [2.24, 2.45) is 5.92 Å². The van der Waals surface area contributed by atoms with E-state index in [0.29, 0.717) is 5.92 Å². The smallest absolute Gasteiger partial charge is 0.119 e. The Labute approximate surface area is 136 Å². The third-order valence-corrected chi connectivity index (χ3v) is 4.42. The number of aryl methyl sites for hydroxylation is 1. The first-order valence-corrected chi connectivity index (χ1v) is 8.76. The third-order valence-electron chi connectivity index (χ3n) is 4.42. The van der Waals surface area contributed by atoms with Crippen LogP contribution in [0.25, 0.3) is 0 Å². The highest BCUT2D eigenvalue weighted by molar-refractivity contribution is 5.27. The average molecular weight is 304 g/mol. The van der Waals surface area contributed by atoms with Crippen molar-refractivity contribution >= 4 is 0 Å². The Morgan fingerprint density at radius 3 is 2.36 bits per heavy atom. The van der Waals surface area contributed by atoms with Crippen LogP contribution in [0.2, 0.25) is 0 Å². The fourth-order valence-electron chi connectivity index (χ4n) is 2.74. The Hall–Kier alpha value is -1.06. The van der Waals surface area contributed by atoms with Crippen molar-refractivity contribution < 1.29 is 4.74 Å². The van der Waals surface area contributed by atoms with Crippen LogP contribution in [0.4, 0.5) is 0 Å². The van der Waals surface area contributed by atoms with Gasteiger partial charge in [0.15, 0.2) is 0 Å². The summed E-state index contributed by atoms with van der Waals surface area (Å²) in [6.07, 6.45) is 3.53. The SMILES string of the molecule is CC(C)CCOc1ccc(CCCN2CCN(C)CC2)cc1. The van der Waals surface area contributed by atoms with Gasteiger partial charge < -0.3 is 14.5 Å². The van der Waals surface area contributed by atoms with Crippen LogP contribution < -0.4 is 4.74 Å². The van der Waals surface area contributed by atoms with Crippen molar-refractivity contribution in [2.75, 3.05) is 46.4 Å². The molecule has 1 aliphatic heterocycles. The van der Waals surface area contributed by atoms with E-state index in [9.17, 15) is 0 Å². The molecule has 124 valence electrons. The summed E-state index contributed by atoms with van der Waals surface area (Å²) in [7, 11) is 2.21. The zero-order chi connectivity index (χ0) is 15.8. The number of rotatable bonds is 8. The highest BCUT2D eigenvalue weighted by Gasteiger charge is 2.12. The largest absolute Gasteiger partial charge is 0.494 e. The topological polar surface area (TPSA) is 15.7 Å². The van der Waals surface area contributed by atoms with Gasteiger partial charge in [0.1, 0.15) is 5.75 Å². The normalized spacial score (nSPS) is 17.1. The standard InChI is InChI=1S/C19H32N2O/c1-17(2)10-16-22-19-8-6-18(7-9-19)5-4-11-21-14-12-20(3)13-15-21/h6-9,17H,4-5,10-16H2,1-3H3. The minimum atomic E-state index is 0.703. The molecule has 1 fully saturated rings. The zero-order valence-corrected chi connectivity index (χ0v) is 14.6. The maximum Gasteiger partial charge on any atom is 0.119 e. The van der Waals surface area contributed by atoms with Gasteiger partial charge in [0.2, 0.25) is 0 Å². The molecule has 22 heavy (non-hydrogen) atoms. The molecule has 0 radical (unpaired) electrons. The predicted octanol–water partition coefficient (Wildman–Crippen LogP) is 3.29. The molecule has 2 rings (SSSR count). The Balaban J connectivity index is 1.63. The highest BCUT2D eigenvalue weighted by atomic mass is 16.5. The summed E-state index contributed by atoms with van der Waals surface area (Å²) < 4.78 is 5.77. The number of benzene rings is 1. The minimum absolute atomic E-state index is 0.703. The maximum absolute atomic E-state index is 5.77. The molecule has 0 atom stereocenters. The van der Waals surface area contributed by atoms with Crippen LogP contribution in [-0.2, 0) is 6.42 Å². The number of hydrogen-bond acceptors (Lipinski definition) is 3. The molecule has 1 aliphatic rings. The molecule has 0 amide bonds. The fourth-order valence-corrected chi connectivity index (χ4v) is 2.74. The van der Waals surface area contributed by atoms with Gasteiger partial charge >= 0.3 is 0 Å². The molecule has 1 heterocycles. The summed E-state index contributed by atoms with van der Waals surface area (Å²) in [6, 6.07) is 8.67. The number of ether oxygens (including phenoxy) is 1. The molecule has 0 aliphatic carbocycles. The van der Waals surface area contributed by atoms with Gasteiger partial charge in [-0.25, -0.2) is 0 Å². The van der Waals surface area contributed by atoms with Gasteiger partial charge in [-0.1, -0.05) is 26.0 Å². The van der Waals surface area contributed by atoms with Gasteiger partial charge in [-0.05, 0) is 56.5 Å². The lowest BCUT2D eigenvalue weighted by molar-refractivity contribution is 0.153. The van der Waals surface area contributed by atoms with Crippen LogP contribution in [0.1, 0.15) is 32.3 Å². The van der Waals surface area contributed by atoms with Gasteiger partial charge in [0.25, 0.3) is 0 Å². The molecule has 0 spiro atoms. The van der Waals surface area contributed by atoms with Gasteiger partial charge in [-0.2, -0.15) is 0 Å². The van der Waals surface area contributed by atoms with Gasteiger partial charge in [0, 0.05) is 26.2 Å². The minimum Gasteiger partial charge on any atom is -0.494 e. The lowest BCUT2D eigenvalue weighted by Crippen LogP contribution is -2.44. The Morgan fingerprint density at radius 1 is 1.05 bits per heavy atom. The van der Waals surface area contributed by atoms with E-state index in [2.05, 4.69) is 55.0 Å². The first-order valence-electron chi connectivity index (χ1n) is 8.76. The molecule has 1 aromatic carbocycles. The Bertz CT molecular complexity index is 408. The predicted molar refractivity (Wildman–Crippen MR) is 93.7 cm³/mol. The maximum atomic E-state index is 5.77. The summed E-state index contributed by atoms with van der Waals surface area (Å²) in [6.45, 7) is 11.4. The van der Waals surface area contributed by atoms with E-state index in [1.807, 2.05) is 0 Å². The van der Waals surface area contributed by atoms with Crippen LogP contribution in [0.5, 0.6) is 5.75 Å². The molecule has 0 aromatic heterocycles. The van der Waals surface area contributed by atoms with Crippen LogP contribution in [0.3, 0.4) is 0 Å². The molecule has 0 bridgehead atoms. The molecule has 0 saturated carbocycles. The number of piperazine rings is 1. The molecule has 0 unspecified atom stereocenters.